The van der Waals surface area contributed by atoms with Crippen LogP contribution in [-0.4, -0.2) is 4.57 Å². The van der Waals surface area contributed by atoms with Gasteiger partial charge in [0.05, 0.1) is 11.0 Å². The van der Waals surface area contributed by atoms with Crippen molar-refractivity contribution in [2.24, 2.45) is 0 Å². The topological polar surface area (TPSA) is 4.93 Å². The van der Waals surface area contributed by atoms with E-state index in [1.165, 1.54) is 157 Å². The number of aryl methyl sites for hydroxylation is 1. The number of rotatable bonds is 6. The molecule has 4 aliphatic carbocycles. The number of hydrogen-bond acceptors (Lipinski definition) is 0. The number of fused-ring (bicyclic) bond motifs is 13. The van der Waals surface area contributed by atoms with Gasteiger partial charge in [0.2, 0.25) is 0 Å². The lowest BCUT2D eigenvalue weighted by Crippen LogP contribution is -2.21. The summed E-state index contributed by atoms with van der Waals surface area (Å²) >= 11 is 0. The zero-order valence-corrected chi connectivity index (χ0v) is 38.7. The summed E-state index contributed by atoms with van der Waals surface area (Å²) in [5.41, 5.74) is 27.5. The molecule has 0 N–H and O–H groups in total. The van der Waals surface area contributed by atoms with Crippen LogP contribution in [0.25, 0.3) is 95.3 Å². The number of hydrogen-bond donors (Lipinski definition) is 0. The van der Waals surface area contributed by atoms with E-state index in [4.69, 9.17) is 0 Å². The monoisotopic (exact) mass is 871 g/mol. The fourth-order valence-corrected chi connectivity index (χ4v) is 13.5. The minimum atomic E-state index is 0.0849. The van der Waals surface area contributed by atoms with Crippen molar-refractivity contribution < 1.29 is 0 Å². The first-order chi connectivity index (χ1) is 33.5. The van der Waals surface area contributed by atoms with Crippen molar-refractivity contribution in [1.29, 1.82) is 0 Å². The van der Waals surface area contributed by atoms with E-state index in [0.717, 1.165) is 0 Å². The van der Waals surface area contributed by atoms with E-state index in [1.54, 1.807) is 16.7 Å². The molecule has 2 spiro atoms. The van der Waals surface area contributed by atoms with E-state index >= 15 is 0 Å². The summed E-state index contributed by atoms with van der Waals surface area (Å²) < 4.78 is 2.37. The van der Waals surface area contributed by atoms with Crippen molar-refractivity contribution in [2.75, 3.05) is 0 Å². The molecule has 0 amide bonds. The second-order valence-corrected chi connectivity index (χ2v) is 20.4. The fraction of sp³-hybridized carbons (Fsp3) is 0.164. The third-order valence-electron chi connectivity index (χ3n) is 16.8. The second-order valence-electron chi connectivity index (χ2n) is 20.4. The van der Waals surface area contributed by atoms with Crippen LogP contribution in [0.15, 0.2) is 194 Å². The van der Waals surface area contributed by atoms with Gasteiger partial charge in [-0.25, -0.2) is 0 Å². The molecule has 1 heterocycles. The van der Waals surface area contributed by atoms with Gasteiger partial charge >= 0.3 is 0 Å². The Labute approximate surface area is 400 Å². The van der Waals surface area contributed by atoms with E-state index in [9.17, 15) is 0 Å². The summed E-state index contributed by atoms with van der Waals surface area (Å²) in [5, 5.41) is 2.55. The van der Waals surface area contributed by atoms with Crippen molar-refractivity contribution in [3.8, 4) is 61.3 Å². The van der Waals surface area contributed by atoms with Gasteiger partial charge in [-0.2, -0.15) is 0 Å². The normalized spacial score (nSPS) is 16.0. The van der Waals surface area contributed by atoms with Crippen LogP contribution in [0.3, 0.4) is 0 Å². The maximum Gasteiger partial charge on any atom is 0.0541 e. The van der Waals surface area contributed by atoms with Gasteiger partial charge in [0.15, 0.2) is 0 Å². The first kappa shape index (κ1) is 39.7. The summed E-state index contributed by atoms with van der Waals surface area (Å²) in [5.74, 6) is 0. The van der Waals surface area contributed by atoms with Crippen LogP contribution in [0.2, 0.25) is 0 Å². The van der Waals surface area contributed by atoms with E-state index in [-0.39, 0.29) is 10.8 Å². The third-order valence-corrected chi connectivity index (χ3v) is 16.8. The minimum Gasteiger partial charge on any atom is -0.309 e. The summed E-state index contributed by atoms with van der Waals surface area (Å²) in [6.45, 7) is 2.26. The second kappa shape index (κ2) is 15.3. The van der Waals surface area contributed by atoms with Crippen LogP contribution in [0.5, 0.6) is 0 Å². The molecular formula is C67H53N. The standard InChI is InChI=1S/C67H53N/c1-44-15-30-54-55-32-27-51(42-62(55)66(60(54)39-44)35-7-8-36-66)52-28-33-57-56-31-26-50(41-61(56)67(63(57)43-52)37-9-10-38-67)48-24-20-46(21-25-48)17-16-45-18-22-47(23-19-45)49-29-34-65-59(40-49)58-13-5-6-14-64(58)68(65)53-11-3-2-4-12-53/h2-6,11-34,39-43H,7-10,35-38H2,1H3/b17-16+. The number of benzene rings is 9. The Bertz CT molecular complexity index is 3660. The molecule has 10 aromatic rings. The first-order valence-electron chi connectivity index (χ1n) is 25.1. The Kier molecular flexibility index (Phi) is 8.91. The number of aromatic nitrogens is 1. The van der Waals surface area contributed by atoms with E-state index < -0.39 is 0 Å². The van der Waals surface area contributed by atoms with Gasteiger partial charge in [-0.05, 0) is 170 Å². The smallest absolute Gasteiger partial charge is 0.0541 e. The number of para-hydroxylation sites is 2. The van der Waals surface area contributed by atoms with Crippen LogP contribution in [-0.2, 0) is 10.8 Å². The van der Waals surface area contributed by atoms with E-state index in [0.29, 0.717) is 0 Å². The summed E-state index contributed by atoms with van der Waals surface area (Å²) in [6, 6.07) is 73.8. The molecule has 0 atom stereocenters. The molecule has 0 bridgehead atoms. The maximum absolute atomic E-state index is 2.59. The lowest BCUT2D eigenvalue weighted by molar-refractivity contribution is 0.549. The van der Waals surface area contributed by atoms with Gasteiger partial charge in [-0.15, -0.1) is 0 Å². The van der Waals surface area contributed by atoms with Gasteiger partial charge in [-0.1, -0.05) is 189 Å². The maximum atomic E-state index is 2.59. The molecule has 1 aromatic heterocycles. The molecule has 9 aromatic carbocycles. The first-order valence-corrected chi connectivity index (χ1v) is 25.1. The fourth-order valence-electron chi connectivity index (χ4n) is 13.5. The molecule has 2 saturated carbocycles. The average molecular weight is 872 g/mol. The van der Waals surface area contributed by atoms with Crippen LogP contribution < -0.4 is 0 Å². The largest absolute Gasteiger partial charge is 0.309 e. The van der Waals surface area contributed by atoms with Gasteiger partial charge in [-0.3, -0.25) is 0 Å². The lowest BCUT2D eigenvalue weighted by Gasteiger charge is -2.28. The molecule has 0 aliphatic heterocycles. The van der Waals surface area contributed by atoms with Gasteiger partial charge in [0.25, 0.3) is 0 Å². The average Bonchev–Trinajstić information content (AvgIpc) is 4.24. The molecular weight excluding hydrogens is 819 g/mol. The highest BCUT2D eigenvalue weighted by Crippen LogP contribution is 2.60. The highest BCUT2D eigenvalue weighted by Gasteiger charge is 2.47. The van der Waals surface area contributed by atoms with Crippen molar-refractivity contribution in [3.05, 3.63) is 233 Å². The van der Waals surface area contributed by atoms with Crippen molar-refractivity contribution >= 4 is 34.0 Å². The molecule has 4 aliphatic rings. The molecule has 1 heteroatoms. The summed E-state index contributed by atoms with van der Waals surface area (Å²) in [4.78, 5) is 0. The zero-order valence-electron chi connectivity index (χ0n) is 38.7. The lowest BCUT2D eigenvalue weighted by atomic mass is 9.75. The van der Waals surface area contributed by atoms with Gasteiger partial charge in [0, 0.05) is 27.3 Å². The minimum absolute atomic E-state index is 0.0849. The predicted molar refractivity (Wildman–Crippen MR) is 287 cm³/mol. The zero-order chi connectivity index (χ0) is 45.0. The predicted octanol–water partition coefficient (Wildman–Crippen LogP) is 17.9. The number of nitrogens with zero attached hydrogens (tertiary/aromatic N) is 1. The molecule has 2 fully saturated rings. The van der Waals surface area contributed by atoms with Crippen LogP contribution in [0.1, 0.15) is 90.3 Å². The Morgan fingerprint density at radius 3 is 1.31 bits per heavy atom. The highest BCUT2D eigenvalue weighted by molar-refractivity contribution is 6.10. The quantitative estimate of drug-likeness (QED) is 0.147. The molecule has 326 valence electrons. The molecule has 1 nitrogen and oxygen atoms in total. The highest BCUT2D eigenvalue weighted by atomic mass is 15.0. The van der Waals surface area contributed by atoms with E-state index in [1.807, 2.05) is 0 Å². The SMILES string of the molecule is Cc1ccc2c(c1)C1(CCCC1)c1cc(-c3ccc4c(c3)C3(CCCC3)c3cc(-c5ccc(/C=C/c6ccc(-c7ccc8c(c7)c7ccccc7n8-c7ccccc7)cc6)cc5)ccc3-4)ccc1-2. The van der Waals surface area contributed by atoms with Gasteiger partial charge < -0.3 is 4.57 Å². The molecule has 0 radical (unpaired) electrons. The van der Waals surface area contributed by atoms with E-state index in [2.05, 4.69) is 218 Å². The van der Waals surface area contributed by atoms with Crippen LogP contribution in [0, 0.1) is 6.92 Å². The van der Waals surface area contributed by atoms with Crippen LogP contribution in [0.4, 0.5) is 0 Å². The van der Waals surface area contributed by atoms with Crippen molar-refractivity contribution in [1.82, 2.24) is 4.57 Å². The Morgan fingerprint density at radius 1 is 0.353 bits per heavy atom. The Morgan fingerprint density at radius 2 is 0.765 bits per heavy atom. The van der Waals surface area contributed by atoms with Crippen molar-refractivity contribution in [2.45, 2.75) is 69.1 Å². The van der Waals surface area contributed by atoms with Gasteiger partial charge in [0.1, 0.15) is 0 Å². The Hall–Kier alpha value is -7.48. The molecule has 68 heavy (non-hydrogen) atoms. The Balaban J connectivity index is 0.717. The van der Waals surface area contributed by atoms with Crippen LogP contribution >= 0.6 is 0 Å². The molecule has 0 saturated heterocycles. The summed E-state index contributed by atoms with van der Waals surface area (Å²) in [6.07, 6.45) is 14.7. The summed E-state index contributed by atoms with van der Waals surface area (Å²) in [7, 11) is 0. The molecule has 0 unspecified atom stereocenters. The molecule has 14 rings (SSSR count). The third kappa shape index (κ3) is 6.01. The van der Waals surface area contributed by atoms with Crippen molar-refractivity contribution in [3.63, 3.8) is 0 Å².